The summed E-state index contributed by atoms with van der Waals surface area (Å²) in [7, 11) is 0. The Labute approximate surface area is 112 Å². The minimum atomic E-state index is 0.144. The number of nitrogens with two attached hydrogens (primary N) is 1. The Balaban J connectivity index is 1.87. The van der Waals surface area contributed by atoms with Gasteiger partial charge in [-0.15, -0.1) is 0 Å². The van der Waals surface area contributed by atoms with Gasteiger partial charge in [0.1, 0.15) is 5.82 Å². The Morgan fingerprint density at radius 1 is 1.33 bits per heavy atom. The SMILES string of the molecule is NC1CCCn2c1cnc2Cc1ccc(Cl)cc1. The van der Waals surface area contributed by atoms with E-state index in [0.29, 0.717) is 0 Å². The third kappa shape index (κ3) is 2.16. The molecule has 1 unspecified atom stereocenters. The Morgan fingerprint density at radius 2 is 2.11 bits per heavy atom. The predicted molar refractivity (Wildman–Crippen MR) is 72.6 cm³/mol. The molecule has 1 aliphatic heterocycles. The molecule has 3 rings (SSSR count). The topological polar surface area (TPSA) is 43.8 Å². The molecule has 94 valence electrons. The zero-order valence-electron chi connectivity index (χ0n) is 10.1. The van der Waals surface area contributed by atoms with Crippen LogP contribution in [-0.2, 0) is 13.0 Å². The molecule has 0 bridgehead atoms. The standard InChI is InChI=1S/C14H16ClN3/c15-11-5-3-10(4-6-11)8-14-17-9-13-12(16)2-1-7-18(13)14/h3-6,9,12H,1-2,7-8,16H2. The van der Waals surface area contributed by atoms with Crippen LogP contribution in [0.5, 0.6) is 0 Å². The van der Waals surface area contributed by atoms with Crippen LogP contribution in [0.4, 0.5) is 0 Å². The first-order valence-electron chi connectivity index (χ1n) is 6.28. The molecule has 18 heavy (non-hydrogen) atoms. The number of benzene rings is 1. The highest BCUT2D eigenvalue weighted by Crippen LogP contribution is 2.25. The number of nitrogens with zero attached hydrogens (tertiary/aromatic N) is 2. The van der Waals surface area contributed by atoms with E-state index in [4.69, 9.17) is 17.3 Å². The van der Waals surface area contributed by atoms with E-state index >= 15 is 0 Å². The fourth-order valence-corrected chi connectivity index (χ4v) is 2.65. The van der Waals surface area contributed by atoms with Crippen molar-refractivity contribution >= 4 is 11.6 Å². The maximum absolute atomic E-state index is 6.09. The van der Waals surface area contributed by atoms with Crippen LogP contribution in [0.1, 0.15) is 36.0 Å². The van der Waals surface area contributed by atoms with Crippen molar-refractivity contribution in [3.8, 4) is 0 Å². The summed E-state index contributed by atoms with van der Waals surface area (Å²) >= 11 is 5.89. The fourth-order valence-electron chi connectivity index (χ4n) is 2.53. The molecule has 2 aromatic rings. The monoisotopic (exact) mass is 261 g/mol. The van der Waals surface area contributed by atoms with Crippen LogP contribution >= 0.6 is 11.6 Å². The quantitative estimate of drug-likeness (QED) is 0.903. The summed E-state index contributed by atoms with van der Waals surface area (Å²) in [6, 6.07) is 8.08. The number of fused-ring (bicyclic) bond motifs is 1. The summed E-state index contributed by atoms with van der Waals surface area (Å²) in [5, 5.41) is 0.769. The first kappa shape index (κ1) is 11.8. The second-order valence-corrected chi connectivity index (χ2v) is 5.24. The third-order valence-electron chi connectivity index (χ3n) is 3.52. The second kappa shape index (κ2) is 4.75. The van der Waals surface area contributed by atoms with Crippen molar-refractivity contribution in [2.45, 2.75) is 31.8 Å². The zero-order valence-corrected chi connectivity index (χ0v) is 10.9. The summed E-state index contributed by atoms with van der Waals surface area (Å²) in [5.41, 5.74) is 8.49. The normalized spacial score (nSPS) is 18.7. The smallest absolute Gasteiger partial charge is 0.113 e. The van der Waals surface area contributed by atoms with Gasteiger partial charge in [0, 0.05) is 24.0 Å². The molecule has 1 aromatic heterocycles. The van der Waals surface area contributed by atoms with Crippen LogP contribution in [0.3, 0.4) is 0 Å². The molecule has 0 fully saturated rings. The minimum Gasteiger partial charge on any atom is -0.330 e. The van der Waals surface area contributed by atoms with Gasteiger partial charge in [-0.25, -0.2) is 4.98 Å². The number of hydrogen-bond acceptors (Lipinski definition) is 2. The van der Waals surface area contributed by atoms with E-state index in [1.807, 2.05) is 30.5 Å². The van der Waals surface area contributed by atoms with Crippen molar-refractivity contribution in [3.63, 3.8) is 0 Å². The van der Waals surface area contributed by atoms with E-state index < -0.39 is 0 Å². The average Bonchev–Trinajstić information content (AvgIpc) is 2.77. The average molecular weight is 262 g/mol. The molecule has 0 saturated carbocycles. The van der Waals surface area contributed by atoms with Gasteiger partial charge < -0.3 is 10.3 Å². The highest BCUT2D eigenvalue weighted by molar-refractivity contribution is 6.30. The van der Waals surface area contributed by atoms with Crippen LogP contribution in [0.2, 0.25) is 5.02 Å². The molecule has 0 amide bonds. The number of imidazole rings is 1. The van der Waals surface area contributed by atoms with Gasteiger partial charge in [-0.1, -0.05) is 23.7 Å². The molecule has 0 spiro atoms. The van der Waals surface area contributed by atoms with Crippen LogP contribution in [0.15, 0.2) is 30.5 Å². The van der Waals surface area contributed by atoms with E-state index in [-0.39, 0.29) is 6.04 Å². The van der Waals surface area contributed by atoms with E-state index in [2.05, 4.69) is 9.55 Å². The maximum Gasteiger partial charge on any atom is 0.113 e. The van der Waals surface area contributed by atoms with Crippen molar-refractivity contribution < 1.29 is 0 Å². The first-order chi connectivity index (χ1) is 8.74. The summed E-state index contributed by atoms with van der Waals surface area (Å²) in [5.74, 6) is 1.10. The number of halogens is 1. The largest absolute Gasteiger partial charge is 0.330 e. The molecule has 1 aromatic carbocycles. The van der Waals surface area contributed by atoms with E-state index in [0.717, 1.165) is 36.7 Å². The van der Waals surface area contributed by atoms with Gasteiger partial charge in [-0.3, -0.25) is 0 Å². The Morgan fingerprint density at radius 3 is 2.89 bits per heavy atom. The molecular weight excluding hydrogens is 246 g/mol. The summed E-state index contributed by atoms with van der Waals surface area (Å²) < 4.78 is 2.27. The van der Waals surface area contributed by atoms with Gasteiger partial charge >= 0.3 is 0 Å². The molecule has 2 N–H and O–H groups in total. The molecule has 0 aliphatic carbocycles. The lowest BCUT2D eigenvalue weighted by Crippen LogP contribution is -2.22. The second-order valence-electron chi connectivity index (χ2n) is 4.80. The maximum atomic E-state index is 6.09. The van der Waals surface area contributed by atoms with Gasteiger partial charge in [0.25, 0.3) is 0 Å². The van der Waals surface area contributed by atoms with Crippen LogP contribution in [-0.4, -0.2) is 9.55 Å². The molecule has 4 heteroatoms. The fraction of sp³-hybridized carbons (Fsp3) is 0.357. The van der Waals surface area contributed by atoms with Gasteiger partial charge in [-0.2, -0.15) is 0 Å². The minimum absolute atomic E-state index is 0.144. The van der Waals surface area contributed by atoms with E-state index in [1.165, 1.54) is 11.3 Å². The Bertz CT molecular complexity index is 545. The third-order valence-corrected chi connectivity index (χ3v) is 3.77. The number of hydrogen-bond donors (Lipinski definition) is 1. The number of aromatic nitrogens is 2. The summed E-state index contributed by atoms with van der Waals surface area (Å²) in [6.07, 6.45) is 4.96. The zero-order chi connectivity index (χ0) is 12.5. The first-order valence-corrected chi connectivity index (χ1v) is 6.66. The molecule has 3 nitrogen and oxygen atoms in total. The lowest BCUT2D eigenvalue weighted by Gasteiger charge is -2.22. The van der Waals surface area contributed by atoms with Crippen molar-refractivity contribution in [2.75, 3.05) is 0 Å². The lowest BCUT2D eigenvalue weighted by atomic mass is 10.1. The lowest BCUT2D eigenvalue weighted by molar-refractivity contribution is 0.454. The molecule has 0 saturated heterocycles. The molecule has 2 heterocycles. The van der Waals surface area contributed by atoms with E-state index in [1.54, 1.807) is 0 Å². The van der Waals surface area contributed by atoms with Crippen molar-refractivity contribution in [3.05, 3.63) is 52.6 Å². The van der Waals surface area contributed by atoms with Gasteiger partial charge in [0.05, 0.1) is 11.9 Å². The molecule has 1 aliphatic rings. The Kier molecular flexibility index (Phi) is 3.10. The van der Waals surface area contributed by atoms with Crippen molar-refractivity contribution in [2.24, 2.45) is 5.73 Å². The molecule has 0 radical (unpaired) electrons. The van der Waals surface area contributed by atoms with Crippen LogP contribution < -0.4 is 5.73 Å². The van der Waals surface area contributed by atoms with E-state index in [9.17, 15) is 0 Å². The van der Waals surface area contributed by atoms with Crippen molar-refractivity contribution in [1.29, 1.82) is 0 Å². The van der Waals surface area contributed by atoms with Gasteiger partial charge in [0.2, 0.25) is 0 Å². The van der Waals surface area contributed by atoms with Crippen LogP contribution in [0.25, 0.3) is 0 Å². The molecule has 1 atom stereocenters. The molecular formula is C14H16ClN3. The van der Waals surface area contributed by atoms with Crippen LogP contribution in [0, 0.1) is 0 Å². The Hall–Kier alpha value is -1.32. The van der Waals surface area contributed by atoms with Gasteiger partial charge in [0.15, 0.2) is 0 Å². The number of rotatable bonds is 2. The van der Waals surface area contributed by atoms with Gasteiger partial charge in [-0.05, 0) is 30.5 Å². The highest BCUT2D eigenvalue weighted by Gasteiger charge is 2.20. The van der Waals surface area contributed by atoms with Crippen molar-refractivity contribution in [1.82, 2.24) is 9.55 Å². The summed E-state index contributed by atoms with van der Waals surface area (Å²) in [6.45, 7) is 1.03. The highest BCUT2D eigenvalue weighted by atomic mass is 35.5. The predicted octanol–water partition coefficient (Wildman–Crippen LogP) is 2.92. The summed E-state index contributed by atoms with van der Waals surface area (Å²) in [4.78, 5) is 4.52.